The minimum absolute atomic E-state index is 0.721. The summed E-state index contributed by atoms with van der Waals surface area (Å²) in [4.78, 5) is 28.3. The smallest absolute Gasteiger partial charge is 0.165 e. The summed E-state index contributed by atoms with van der Waals surface area (Å²) >= 11 is 0. The number of para-hydroxylation sites is 14. The second-order valence-corrected chi connectivity index (χ2v) is 36.9. The van der Waals surface area contributed by atoms with E-state index in [4.69, 9.17) is 19.9 Å². The molecule has 6 aromatic heterocycles. The number of rotatable bonds is 7. The van der Waals surface area contributed by atoms with E-state index in [1.54, 1.807) is 0 Å². The fourth-order valence-corrected chi connectivity index (χ4v) is 24.2. The van der Waals surface area contributed by atoms with Crippen molar-refractivity contribution in [1.82, 2.24) is 38.2 Å². The van der Waals surface area contributed by atoms with Crippen molar-refractivity contribution in [3.8, 4) is 123 Å². The maximum Gasteiger partial charge on any atom is 0.165 e. The lowest BCUT2D eigenvalue weighted by molar-refractivity contribution is 1.09. The lowest BCUT2D eigenvalue weighted by atomic mass is 9.92. The number of hydrogen-bond donors (Lipinski definition) is 0. The predicted molar refractivity (Wildman–Crippen MR) is 575 cm³/mol. The number of fused-ring (bicyclic) bond motifs is 18. The van der Waals surface area contributed by atoms with E-state index in [1.165, 1.54) is 194 Å². The highest BCUT2D eigenvalue weighted by atomic mass is 15.3. The van der Waals surface area contributed by atoms with E-state index in [0.717, 1.165) is 101 Å². The Morgan fingerprint density at radius 2 is 0.518 bits per heavy atom. The summed E-state index contributed by atoms with van der Waals surface area (Å²) < 4.78 is 9.99. The van der Waals surface area contributed by atoms with Crippen molar-refractivity contribution in [3.05, 3.63) is 455 Å². The molecule has 0 spiro atoms. The Balaban J connectivity index is 0.0000000969. The second kappa shape index (κ2) is 28.8. The molecule has 12 heterocycles. The molecule has 0 N–H and O–H groups in total. The van der Waals surface area contributed by atoms with Crippen molar-refractivity contribution in [2.75, 3.05) is 14.7 Å². The molecular weight excluding hydrogens is 1690 g/mol. The Kier molecular flexibility index (Phi) is 15.7. The molecule has 6 aliphatic heterocycles. The largest absolute Gasteiger partial charge is 0.309 e. The van der Waals surface area contributed by atoms with Crippen molar-refractivity contribution in [2.45, 2.75) is 0 Å². The molecule has 0 amide bonds. The Morgan fingerprint density at radius 1 is 0.158 bits per heavy atom. The van der Waals surface area contributed by atoms with Gasteiger partial charge in [0.2, 0.25) is 0 Å². The first-order valence-corrected chi connectivity index (χ1v) is 47.6. The Labute approximate surface area is 797 Å². The molecule has 0 fully saturated rings. The van der Waals surface area contributed by atoms with Crippen LogP contribution in [0.1, 0.15) is 0 Å². The van der Waals surface area contributed by atoms with E-state index in [0.29, 0.717) is 0 Å². The fraction of sp³-hybridized carbons (Fsp3) is 0. The van der Waals surface area contributed by atoms with E-state index in [9.17, 15) is 0 Å². The normalized spacial score (nSPS) is 12.7. The van der Waals surface area contributed by atoms with Crippen LogP contribution in [0.3, 0.4) is 0 Å². The highest BCUT2D eigenvalue weighted by Crippen LogP contribution is 2.62. The third-order valence-corrected chi connectivity index (χ3v) is 29.8. The molecule has 0 bridgehead atoms. The number of benzene rings is 21. The molecular formula is C128H75N11. The third kappa shape index (κ3) is 10.5. The van der Waals surface area contributed by atoms with Crippen molar-refractivity contribution in [2.24, 2.45) is 0 Å². The van der Waals surface area contributed by atoms with Crippen molar-refractivity contribution in [1.29, 1.82) is 0 Å². The van der Waals surface area contributed by atoms with Gasteiger partial charge in [0.1, 0.15) is 5.69 Å². The minimum Gasteiger partial charge on any atom is -0.309 e. The summed E-state index contributed by atoms with van der Waals surface area (Å²) in [6, 6.07) is 164. The van der Waals surface area contributed by atoms with Gasteiger partial charge < -0.3 is 28.1 Å². The average molecular weight is 1770 g/mol. The quantitative estimate of drug-likeness (QED) is 0.157. The predicted octanol–water partition coefficient (Wildman–Crippen LogP) is 33.8. The summed E-state index contributed by atoms with van der Waals surface area (Å²) in [5.74, 6) is 1.55. The second-order valence-electron chi connectivity index (χ2n) is 36.9. The molecule has 33 rings (SSSR count). The van der Waals surface area contributed by atoms with Crippen LogP contribution in [-0.2, 0) is 0 Å². The fourth-order valence-electron chi connectivity index (χ4n) is 24.2. The van der Waals surface area contributed by atoms with Crippen LogP contribution in [0.4, 0.5) is 51.3 Å². The zero-order valence-corrected chi connectivity index (χ0v) is 74.7. The van der Waals surface area contributed by atoms with Gasteiger partial charge in [-0.2, -0.15) is 0 Å². The SMILES string of the molecule is c1ccc(-c2nc(-c3ccc(N4c5cccc6c5-n5c7c(cccc7c7cccc4c75)-c4ccccc4-6)c4ccccc34)nc3ccccc23)cc1.c1ccc(-c2nc3ccccc3nc2N2c3cccc4c3-n3c5c(cccc5c5cccc2c53)-c2ccccc2-4)cc1.c1ccc(-n2c3ccccc3c3cc(N4c5cccc6c5-n5c7c(cccc7c7cccc4c75)-c4ccccc4-6)ccc32)cc1. The summed E-state index contributed by atoms with van der Waals surface area (Å²) in [5.41, 5.74) is 46.7. The first-order valence-electron chi connectivity index (χ1n) is 47.6. The van der Waals surface area contributed by atoms with Crippen LogP contribution in [0.15, 0.2) is 455 Å². The van der Waals surface area contributed by atoms with Gasteiger partial charge >= 0.3 is 0 Å². The summed E-state index contributed by atoms with van der Waals surface area (Å²) in [6.07, 6.45) is 0. The molecule has 11 heteroatoms. The van der Waals surface area contributed by atoms with E-state index >= 15 is 0 Å². The third-order valence-electron chi connectivity index (χ3n) is 29.8. The highest BCUT2D eigenvalue weighted by Gasteiger charge is 2.40. The Bertz CT molecular complexity index is 10100. The maximum atomic E-state index is 5.35. The van der Waals surface area contributed by atoms with Gasteiger partial charge in [0, 0.05) is 115 Å². The number of hydrogen-bond acceptors (Lipinski definition) is 7. The van der Waals surface area contributed by atoms with E-state index in [1.807, 2.05) is 30.3 Å². The van der Waals surface area contributed by atoms with Gasteiger partial charge in [0.05, 0.1) is 123 Å². The summed E-state index contributed by atoms with van der Waals surface area (Å²) in [7, 11) is 0. The molecule has 0 saturated carbocycles. The molecule has 0 radical (unpaired) electrons. The van der Waals surface area contributed by atoms with Crippen LogP contribution in [0.25, 0.3) is 243 Å². The molecule has 6 aliphatic rings. The van der Waals surface area contributed by atoms with Crippen molar-refractivity contribution in [3.63, 3.8) is 0 Å². The number of anilines is 9. The number of aromatic nitrogens is 8. The summed E-state index contributed by atoms with van der Waals surface area (Å²) in [5, 5.41) is 13.4. The van der Waals surface area contributed by atoms with Gasteiger partial charge in [-0.1, -0.05) is 352 Å². The topological polar surface area (TPSA) is 81.0 Å². The Morgan fingerprint density at radius 3 is 1.05 bits per heavy atom. The lowest BCUT2D eigenvalue weighted by Crippen LogP contribution is -2.20. The van der Waals surface area contributed by atoms with Crippen molar-refractivity contribution < 1.29 is 0 Å². The zero-order chi connectivity index (χ0) is 90.5. The van der Waals surface area contributed by atoms with Crippen LogP contribution in [0, 0.1) is 0 Å². The molecule has 11 nitrogen and oxygen atoms in total. The molecule has 642 valence electrons. The highest BCUT2D eigenvalue weighted by molar-refractivity contribution is 6.27. The van der Waals surface area contributed by atoms with Crippen LogP contribution in [0.5, 0.6) is 0 Å². The lowest BCUT2D eigenvalue weighted by Gasteiger charge is -2.35. The van der Waals surface area contributed by atoms with Crippen LogP contribution in [-0.4, -0.2) is 38.2 Å². The van der Waals surface area contributed by atoms with Crippen molar-refractivity contribution >= 4 is 171 Å². The molecule has 21 aromatic carbocycles. The molecule has 0 aliphatic carbocycles. The van der Waals surface area contributed by atoms with E-state index in [-0.39, 0.29) is 0 Å². The molecule has 27 aromatic rings. The van der Waals surface area contributed by atoms with Gasteiger partial charge in [0.15, 0.2) is 11.6 Å². The van der Waals surface area contributed by atoms with E-state index in [2.05, 4.69) is 458 Å². The maximum absolute atomic E-state index is 5.35. The van der Waals surface area contributed by atoms with Gasteiger partial charge in [-0.25, -0.2) is 19.9 Å². The van der Waals surface area contributed by atoms with Crippen LogP contribution >= 0.6 is 0 Å². The van der Waals surface area contributed by atoms with Gasteiger partial charge in [-0.3, -0.25) is 4.90 Å². The first kappa shape index (κ1) is 75.7. The summed E-state index contributed by atoms with van der Waals surface area (Å²) in [6.45, 7) is 0. The number of nitrogens with zero attached hydrogens (tertiary/aromatic N) is 11. The van der Waals surface area contributed by atoms with Crippen LogP contribution in [0.2, 0.25) is 0 Å². The van der Waals surface area contributed by atoms with Gasteiger partial charge in [-0.05, 0) is 142 Å². The molecule has 139 heavy (non-hydrogen) atoms. The molecule has 0 saturated heterocycles. The van der Waals surface area contributed by atoms with Gasteiger partial charge in [-0.15, -0.1) is 0 Å². The molecule has 0 atom stereocenters. The molecule has 0 unspecified atom stereocenters. The monoisotopic (exact) mass is 1770 g/mol. The Hall–Kier alpha value is -18.8. The van der Waals surface area contributed by atoms with E-state index < -0.39 is 0 Å². The van der Waals surface area contributed by atoms with Gasteiger partial charge in [0.25, 0.3) is 0 Å². The van der Waals surface area contributed by atoms with Crippen LogP contribution < -0.4 is 14.7 Å². The zero-order valence-electron chi connectivity index (χ0n) is 74.7. The average Bonchev–Trinajstić information content (AvgIpc) is 1.55. The standard InChI is InChI=1S/C48H28N4.C42H25N3.C38H22N4/c1-2-13-29(14-3-1)44-39-19-8-9-24-40(39)49-48(50-44)38-27-28-41(33-18-7-6-17-32(33)38)51-42-25-11-22-35-31-16-5-4-15-30(31)34-20-10-21-36-37-23-12-26-43(51)47(37)52(45(34)36)46(35)42;1-2-11-26(12-3-1)43-36-20-7-6-15-30(36)35-25-27(23-24-37(35)43)44-38-21-9-18-32-29-14-5-4-13-28(29)31-16-8-17-33-34-19-10-22-39(44)42(34)45(40(31)33)41(32)38;1-2-11-23(12-3-1)34-38(40-31-20-7-6-19-30(31)39-34)41-32-21-9-17-27-25-14-5-4-13-24(25)26-15-8-16-28-29-18-10-22-33(41)37(29)42(35(26)28)36(27)32/h1-28H;1-25H;1-22H. The first-order chi connectivity index (χ1) is 69.1. The minimum atomic E-state index is 0.721.